The maximum absolute atomic E-state index is 5.91. The number of hydrogen-bond acceptors (Lipinski definition) is 3. The van der Waals surface area contributed by atoms with Crippen LogP contribution in [0.1, 0.15) is 0 Å². The molecule has 0 bridgehead atoms. The van der Waals surface area contributed by atoms with Gasteiger partial charge in [0, 0.05) is 11.0 Å². The smallest absolute Gasteiger partial charge is 0.220 e. The molecule has 0 heterocycles. The lowest BCUT2D eigenvalue weighted by atomic mass is 10.3. The van der Waals surface area contributed by atoms with Gasteiger partial charge < -0.3 is 4.74 Å². The van der Waals surface area contributed by atoms with Crippen LogP contribution in [0.2, 0.25) is 0 Å². The number of hydrogen-bond donors (Lipinski definition) is 0. The highest BCUT2D eigenvalue weighted by Crippen LogP contribution is 2.19. The molecule has 0 N–H and O–H groups in total. The fraction of sp³-hybridized carbons (Fsp3) is 0. The van der Waals surface area contributed by atoms with Crippen LogP contribution < -0.4 is 4.74 Å². The first-order valence-corrected chi connectivity index (χ1v) is 8.53. The molecular weight excluding hydrogens is 314 g/mol. The van der Waals surface area contributed by atoms with E-state index < -0.39 is 0 Å². The third-order valence-corrected chi connectivity index (χ3v) is 3.94. The van der Waals surface area contributed by atoms with Gasteiger partial charge in [-0.2, -0.15) is 0 Å². The van der Waals surface area contributed by atoms with E-state index in [9.17, 15) is 0 Å². The molecule has 3 rings (SSSR count). The Morgan fingerprint density at radius 3 is 2.00 bits per heavy atom. The molecule has 118 valence electrons. The molecule has 0 radical (unpaired) electrons. The molecule has 0 saturated heterocycles. The van der Waals surface area contributed by atoms with Gasteiger partial charge in [0.2, 0.25) is 5.90 Å². The second-order valence-electron chi connectivity index (χ2n) is 4.93. The molecule has 0 spiro atoms. The van der Waals surface area contributed by atoms with E-state index in [1.165, 1.54) is 4.90 Å². The number of para-hydroxylation sites is 2. The molecule has 0 amide bonds. The number of benzene rings is 3. The van der Waals surface area contributed by atoms with Gasteiger partial charge in [0.05, 0.1) is 5.69 Å². The number of nitrogens with zero attached hydrogens (tertiary/aromatic N) is 1. The Bertz CT molecular complexity index is 799. The minimum absolute atomic E-state index is 0.552. The number of aliphatic imine (C=N–C) groups is 1. The highest BCUT2D eigenvalue weighted by atomic mass is 32.2. The molecule has 3 heteroatoms. The third-order valence-electron chi connectivity index (χ3n) is 3.12. The zero-order chi connectivity index (χ0) is 16.5. The standard InChI is InChI=1S/C21H17NOS/c1-4-10-18(11-5-1)22-21(23-19-12-6-2-7-13-19)16-17-24-20-14-8-3-9-15-20/h1-17H/b17-16+,22-21-. The summed E-state index contributed by atoms with van der Waals surface area (Å²) in [4.78, 5) is 5.75. The Morgan fingerprint density at radius 2 is 1.33 bits per heavy atom. The molecule has 3 aromatic carbocycles. The lowest BCUT2D eigenvalue weighted by Crippen LogP contribution is -2.04. The monoisotopic (exact) mass is 331 g/mol. The average molecular weight is 331 g/mol. The van der Waals surface area contributed by atoms with Crippen molar-refractivity contribution in [2.75, 3.05) is 0 Å². The third kappa shape index (κ3) is 5.14. The first kappa shape index (κ1) is 16.1. The molecular formula is C21H17NOS. The molecule has 0 unspecified atom stereocenters. The number of rotatable bonds is 5. The van der Waals surface area contributed by atoms with Gasteiger partial charge in [0.1, 0.15) is 5.75 Å². The molecule has 0 aromatic heterocycles. The molecule has 0 aliphatic carbocycles. The van der Waals surface area contributed by atoms with Gasteiger partial charge in [-0.05, 0) is 41.8 Å². The minimum Gasteiger partial charge on any atom is -0.439 e. The summed E-state index contributed by atoms with van der Waals surface area (Å²) in [5.74, 6) is 1.32. The highest BCUT2D eigenvalue weighted by Gasteiger charge is 2.00. The Hall–Kier alpha value is -2.78. The van der Waals surface area contributed by atoms with E-state index in [1.807, 2.05) is 90.3 Å². The van der Waals surface area contributed by atoms with Crippen molar-refractivity contribution in [1.29, 1.82) is 0 Å². The predicted octanol–water partition coefficient (Wildman–Crippen LogP) is 6.10. The van der Waals surface area contributed by atoms with Crippen molar-refractivity contribution in [2.45, 2.75) is 4.90 Å². The van der Waals surface area contributed by atoms with E-state index in [2.05, 4.69) is 17.1 Å². The fourth-order valence-corrected chi connectivity index (χ4v) is 2.66. The van der Waals surface area contributed by atoms with Crippen LogP contribution in [-0.2, 0) is 0 Å². The second-order valence-corrected chi connectivity index (χ2v) is 5.91. The van der Waals surface area contributed by atoms with Gasteiger partial charge in [0.25, 0.3) is 0 Å². The highest BCUT2D eigenvalue weighted by molar-refractivity contribution is 8.02. The van der Waals surface area contributed by atoms with Crippen molar-refractivity contribution in [1.82, 2.24) is 0 Å². The summed E-state index contributed by atoms with van der Waals surface area (Å²) in [6.45, 7) is 0. The number of thioether (sulfide) groups is 1. The number of ether oxygens (including phenoxy) is 1. The quantitative estimate of drug-likeness (QED) is 0.320. The van der Waals surface area contributed by atoms with Gasteiger partial charge in [-0.25, -0.2) is 4.99 Å². The molecule has 24 heavy (non-hydrogen) atoms. The van der Waals surface area contributed by atoms with Gasteiger partial charge in [-0.1, -0.05) is 66.4 Å². The van der Waals surface area contributed by atoms with Crippen molar-refractivity contribution in [3.05, 3.63) is 102 Å². The van der Waals surface area contributed by atoms with E-state index in [4.69, 9.17) is 4.74 Å². The van der Waals surface area contributed by atoms with Crippen LogP contribution in [0.25, 0.3) is 0 Å². The van der Waals surface area contributed by atoms with E-state index in [1.54, 1.807) is 11.8 Å². The van der Waals surface area contributed by atoms with Gasteiger partial charge in [0.15, 0.2) is 0 Å². The predicted molar refractivity (Wildman–Crippen MR) is 102 cm³/mol. The summed E-state index contributed by atoms with van der Waals surface area (Å²) in [5, 5.41) is 1.99. The van der Waals surface area contributed by atoms with E-state index in [-0.39, 0.29) is 0 Å². The minimum atomic E-state index is 0.552. The topological polar surface area (TPSA) is 21.6 Å². The van der Waals surface area contributed by atoms with Crippen LogP contribution in [0.5, 0.6) is 5.75 Å². The summed E-state index contributed by atoms with van der Waals surface area (Å²) in [6.07, 6.45) is 1.89. The molecule has 2 nitrogen and oxygen atoms in total. The Morgan fingerprint density at radius 1 is 0.750 bits per heavy atom. The lowest BCUT2D eigenvalue weighted by Gasteiger charge is -2.05. The van der Waals surface area contributed by atoms with Crippen LogP contribution in [0, 0.1) is 0 Å². The molecule has 0 atom stereocenters. The summed E-state index contributed by atoms with van der Waals surface area (Å²) in [6, 6.07) is 29.7. The van der Waals surface area contributed by atoms with Crippen LogP contribution in [0.3, 0.4) is 0 Å². The van der Waals surface area contributed by atoms with Crippen molar-refractivity contribution in [3.63, 3.8) is 0 Å². The first-order valence-electron chi connectivity index (χ1n) is 7.65. The van der Waals surface area contributed by atoms with Crippen molar-refractivity contribution >= 4 is 23.3 Å². The Balaban J connectivity index is 1.78. The largest absolute Gasteiger partial charge is 0.439 e. The van der Waals surface area contributed by atoms with Gasteiger partial charge in [-0.3, -0.25) is 0 Å². The SMILES string of the molecule is C(=C\C(=N\c1ccccc1)Oc1ccccc1)/Sc1ccccc1. The molecule has 0 aliphatic rings. The second kappa shape index (κ2) is 8.75. The summed E-state index contributed by atoms with van der Waals surface area (Å²) >= 11 is 1.63. The summed E-state index contributed by atoms with van der Waals surface area (Å²) < 4.78 is 5.91. The summed E-state index contributed by atoms with van der Waals surface area (Å²) in [7, 11) is 0. The van der Waals surface area contributed by atoms with Crippen LogP contribution in [0.4, 0.5) is 5.69 Å². The van der Waals surface area contributed by atoms with Gasteiger partial charge >= 0.3 is 0 Å². The summed E-state index contributed by atoms with van der Waals surface area (Å²) in [5.41, 5.74) is 0.859. The van der Waals surface area contributed by atoms with Crippen molar-refractivity contribution < 1.29 is 4.74 Å². The van der Waals surface area contributed by atoms with Crippen LogP contribution in [-0.4, -0.2) is 5.90 Å². The van der Waals surface area contributed by atoms with E-state index in [0.29, 0.717) is 5.90 Å². The molecule has 0 fully saturated rings. The normalized spacial score (nSPS) is 11.6. The van der Waals surface area contributed by atoms with Crippen molar-refractivity contribution in [2.24, 2.45) is 4.99 Å². The van der Waals surface area contributed by atoms with Crippen molar-refractivity contribution in [3.8, 4) is 5.75 Å². The Labute approximate surface area is 146 Å². The Kier molecular flexibility index (Phi) is 5.87. The maximum Gasteiger partial charge on any atom is 0.220 e. The fourth-order valence-electron chi connectivity index (χ4n) is 2.00. The molecule has 0 saturated carbocycles. The first-order chi connectivity index (χ1) is 11.9. The van der Waals surface area contributed by atoms with Crippen LogP contribution >= 0.6 is 11.8 Å². The van der Waals surface area contributed by atoms with Crippen LogP contribution in [0.15, 0.2) is 112 Å². The molecule has 0 aliphatic heterocycles. The lowest BCUT2D eigenvalue weighted by molar-refractivity contribution is 0.556. The average Bonchev–Trinajstić information content (AvgIpc) is 2.64. The van der Waals surface area contributed by atoms with Gasteiger partial charge in [-0.15, -0.1) is 0 Å². The zero-order valence-corrected chi connectivity index (χ0v) is 13.9. The zero-order valence-electron chi connectivity index (χ0n) is 13.1. The van der Waals surface area contributed by atoms with E-state index in [0.717, 1.165) is 11.4 Å². The van der Waals surface area contributed by atoms with E-state index >= 15 is 0 Å². The maximum atomic E-state index is 5.91. The molecule has 3 aromatic rings.